The van der Waals surface area contributed by atoms with Crippen LogP contribution in [0.5, 0.6) is 0 Å². The number of rotatable bonds is 7. The van der Waals surface area contributed by atoms with Gasteiger partial charge in [-0.2, -0.15) is 0 Å². The van der Waals surface area contributed by atoms with E-state index in [1.807, 2.05) is 32.0 Å². The monoisotopic (exact) mass is 416 g/mol. The topological polar surface area (TPSA) is 84.5 Å². The first-order chi connectivity index (χ1) is 13.7. The molecule has 2 N–H and O–H groups in total. The van der Waals surface area contributed by atoms with Crippen LogP contribution in [0.25, 0.3) is 0 Å². The first-order valence-electron chi connectivity index (χ1n) is 9.26. The molecule has 0 aliphatic carbocycles. The lowest BCUT2D eigenvalue weighted by Gasteiger charge is -2.20. The highest BCUT2D eigenvalue weighted by molar-refractivity contribution is 6.30. The SMILES string of the molecule is CC(=O)NC(CC(=O)OC(C)C(=O)Nc1ccc(C)cc1C)c1ccc(Cl)cc1. The molecule has 0 fully saturated rings. The number of halogens is 1. The molecule has 0 bridgehead atoms. The molecule has 2 unspecified atom stereocenters. The Hall–Kier alpha value is -2.86. The maximum absolute atomic E-state index is 12.4. The molecular weight excluding hydrogens is 392 g/mol. The minimum atomic E-state index is -0.980. The largest absolute Gasteiger partial charge is 0.452 e. The van der Waals surface area contributed by atoms with E-state index in [0.717, 1.165) is 11.1 Å². The van der Waals surface area contributed by atoms with E-state index < -0.39 is 24.0 Å². The fourth-order valence-corrected chi connectivity index (χ4v) is 2.97. The summed E-state index contributed by atoms with van der Waals surface area (Å²) < 4.78 is 5.28. The van der Waals surface area contributed by atoms with Gasteiger partial charge in [0.2, 0.25) is 5.91 Å². The molecule has 2 aromatic rings. The van der Waals surface area contributed by atoms with E-state index in [1.54, 1.807) is 24.3 Å². The minimum Gasteiger partial charge on any atom is -0.452 e. The number of anilines is 1. The molecule has 6 nitrogen and oxygen atoms in total. The normalized spacial score (nSPS) is 12.6. The Morgan fingerprint density at radius 3 is 2.31 bits per heavy atom. The molecule has 0 saturated heterocycles. The van der Waals surface area contributed by atoms with Gasteiger partial charge in [0.25, 0.3) is 5.91 Å². The summed E-state index contributed by atoms with van der Waals surface area (Å²) in [6, 6.07) is 11.9. The van der Waals surface area contributed by atoms with Crippen LogP contribution in [-0.4, -0.2) is 23.9 Å². The van der Waals surface area contributed by atoms with Crippen LogP contribution in [0.1, 0.15) is 43.0 Å². The van der Waals surface area contributed by atoms with Crippen LogP contribution in [0.4, 0.5) is 5.69 Å². The standard InChI is InChI=1S/C22H25ClN2O4/c1-13-5-10-19(14(2)11-13)25-22(28)15(3)29-21(27)12-20(24-16(4)26)17-6-8-18(23)9-7-17/h5-11,15,20H,12H2,1-4H3,(H,24,26)(H,25,28). The predicted molar refractivity (Wildman–Crippen MR) is 113 cm³/mol. The lowest BCUT2D eigenvalue weighted by atomic mass is 10.0. The van der Waals surface area contributed by atoms with Crippen LogP contribution in [0, 0.1) is 13.8 Å². The Morgan fingerprint density at radius 2 is 1.72 bits per heavy atom. The van der Waals surface area contributed by atoms with Gasteiger partial charge in [0.1, 0.15) is 0 Å². The molecule has 2 aromatic carbocycles. The van der Waals surface area contributed by atoms with E-state index in [-0.39, 0.29) is 12.3 Å². The van der Waals surface area contributed by atoms with Crippen molar-refractivity contribution in [3.8, 4) is 0 Å². The van der Waals surface area contributed by atoms with E-state index in [9.17, 15) is 14.4 Å². The van der Waals surface area contributed by atoms with Crippen molar-refractivity contribution < 1.29 is 19.1 Å². The fraction of sp³-hybridized carbons (Fsp3) is 0.318. The van der Waals surface area contributed by atoms with Gasteiger partial charge in [0.05, 0.1) is 12.5 Å². The maximum Gasteiger partial charge on any atom is 0.309 e. The van der Waals surface area contributed by atoms with Gasteiger partial charge in [0, 0.05) is 17.6 Å². The Kier molecular flexibility index (Phi) is 7.79. The molecule has 154 valence electrons. The molecule has 0 spiro atoms. The molecule has 0 heterocycles. The summed E-state index contributed by atoms with van der Waals surface area (Å²) in [4.78, 5) is 36.3. The van der Waals surface area contributed by atoms with Gasteiger partial charge in [0.15, 0.2) is 6.10 Å². The van der Waals surface area contributed by atoms with Crippen molar-refractivity contribution in [1.82, 2.24) is 5.32 Å². The molecule has 29 heavy (non-hydrogen) atoms. The predicted octanol–water partition coefficient (Wildman–Crippen LogP) is 4.09. The smallest absolute Gasteiger partial charge is 0.309 e. The number of hydrogen-bond acceptors (Lipinski definition) is 4. The number of benzene rings is 2. The van der Waals surface area contributed by atoms with Gasteiger partial charge in [-0.05, 0) is 50.1 Å². The second kappa shape index (κ2) is 10.1. The number of nitrogens with one attached hydrogen (secondary N) is 2. The van der Waals surface area contributed by atoms with Crippen molar-refractivity contribution in [2.24, 2.45) is 0 Å². The van der Waals surface area contributed by atoms with Crippen molar-refractivity contribution in [3.63, 3.8) is 0 Å². The van der Waals surface area contributed by atoms with Crippen LogP contribution in [0.3, 0.4) is 0 Å². The number of carbonyl (C=O) groups excluding carboxylic acids is 3. The molecule has 0 saturated carbocycles. The van der Waals surface area contributed by atoms with Crippen LogP contribution in [-0.2, 0) is 19.1 Å². The summed E-state index contributed by atoms with van der Waals surface area (Å²) in [5, 5.41) is 6.03. The second-order valence-corrected chi connectivity index (χ2v) is 7.38. The van der Waals surface area contributed by atoms with Crippen molar-refractivity contribution in [1.29, 1.82) is 0 Å². The molecule has 0 aliphatic rings. The molecule has 2 amide bonds. The third-order valence-electron chi connectivity index (χ3n) is 4.34. The summed E-state index contributed by atoms with van der Waals surface area (Å²) >= 11 is 5.89. The average Bonchev–Trinajstić information content (AvgIpc) is 2.63. The number of esters is 1. The molecule has 0 radical (unpaired) electrons. The van der Waals surface area contributed by atoms with Crippen LogP contribution < -0.4 is 10.6 Å². The summed E-state index contributed by atoms with van der Waals surface area (Å²) in [5.41, 5.74) is 3.39. The lowest BCUT2D eigenvalue weighted by Crippen LogP contribution is -2.33. The zero-order valence-electron chi connectivity index (χ0n) is 16.9. The van der Waals surface area contributed by atoms with Crippen molar-refractivity contribution >= 4 is 35.1 Å². The zero-order valence-corrected chi connectivity index (χ0v) is 17.7. The molecular formula is C22H25ClN2O4. The third kappa shape index (κ3) is 6.91. The number of amides is 2. The maximum atomic E-state index is 12.4. The van der Waals surface area contributed by atoms with Gasteiger partial charge < -0.3 is 15.4 Å². The lowest BCUT2D eigenvalue weighted by molar-refractivity contribution is -0.153. The van der Waals surface area contributed by atoms with E-state index in [2.05, 4.69) is 10.6 Å². The quantitative estimate of drug-likeness (QED) is 0.665. The Labute approximate surface area is 175 Å². The number of ether oxygens (including phenoxy) is 1. The van der Waals surface area contributed by atoms with Gasteiger partial charge in [-0.3, -0.25) is 14.4 Å². The van der Waals surface area contributed by atoms with Gasteiger partial charge in [-0.1, -0.05) is 41.4 Å². The van der Waals surface area contributed by atoms with Gasteiger partial charge >= 0.3 is 5.97 Å². The number of aryl methyl sites for hydroxylation is 2. The fourth-order valence-electron chi connectivity index (χ4n) is 2.85. The average molecular weight is 417 g/mol. The summed E-state index contributed by atoms with van der Waals surface area (Å²) in [5.74, 6) is -1.30. The number of hydrogen-bond donors (Lipinski definition) is 2. The molecule has 0 aliphatic heterocycles. The van der Waals surface area contributed by atoms with E-state index in [1.165, 1.54) is 13.8 Å². The summed E-state index contributed by atoms with van der Waals surface area (Å²) in [6.45, 7) is 6.74. The van der Waals surface area contributed by atoms with Crippen molar-refractivity contribution in [2.75, 3.05) is 5.32 Å². The molecule has 0 aromatic heterocycles. The molecule has 2 rings (SSSR count). The van der Waals surface area contributed by atoms with Crippen molar-refractivity contribution in [3.05, 3.63) is 64.2 Å². The first kappa shape index (κ1) is 22.4. The van der Waals surface area contributed by atoms with Crippen LogP contribution >= 0.6 is 11.6 Å². The number of carbonyl (C=O) groups is 3. The Bertz CT molecular complexity index is 896. The highest BCUT2D eigenvalue weighted by Gasteiger charge is 2.23. The molecule has 2 atom stereocenters. The van der Waals surface area contributed by atoms with E-state index >= 15 is 0 Å². The second-order valence-electron chi connectivity index (χ2n) is 6.95. The highest BCUT2D eigenvalue weighted by atomic mass is 35.5. The first-order valence-corrected chi connectivity index (χ1v) is 9.63. The Balaban J connectivity index is 1.99. The third-order valence-corrected chi connectivity index (χ3v) is 4.59. The van der Waals surface area contributed by atoms with Gasteiger partial charge in [-0.25, -0.2) is 0 Å². The zero-order chi connectivity index (χ0) is 21.6. The van der Waals surface area contributed by atoms with E-state index in [0.29, 0.717) is 16.3 Å². The van der Waals surface area contributed by atoms with Crippen LogP contribution in [0.2, 0.25) is 5.02 Å². The van der Waals surface area contributed by atoms with Crippen molar-refractivity contribution in [2.45, 2.75) is 46.3 Å². The van der Waals surface area contributed by atoms with Crippen LogP contribution in [0.15, 0.2) is 42.5 Å². The Morgan fingerprint density at radius 1 is 1.07 bits per heavy atom. The summed E-state index contributed by atoms with van der Waals surface area (Å²) in [7, 11) is 0. The molecule has 7 heteroatoms. The minimum absolute atomic E-state index is 0.109. The highest BCUT2D eigenvalue weighted by Crippen LogP contribution is 2.21. The van der Waals surface area contributed by atoms with Gasteiger partial charge in [-0.15, -0.1) is 0 Å². The van der Waals surface area contributed by atoms with E-state index in [4.69, 9.17) is 16.3 Å². The summed E-state index contributed by atoms with van der Waals surface area (Å²) in [6.07, 6.45) is -1.09.